The van der Waals surface area contributed by atoms with Gasteiger partial charge in [0.15, 0.2) is 0 Å². The third-order valence-electron chi connectivity index (χ3n) is 3.60. The zero-order valence-electron chi connectivity index (χ0n) is 14.7. The number of benzene rings is 2. The Hall–Kier alpha value is -2.88. The van der Waals surface area contributed by atoms with E-state index >= 15 is 0 Å². The van der Waals surface area contributed by atoms with Crippen molar-refractivity contribution < 1.29 is 19.1 Å². The molecular weight excluding hydrogens is 316 g/mol. The van der Waals surface area contributed by atoms with Crippen molar-refractivity contribution in [3.63, 3.8) is 0 Å². The van der Waals surface area contributed by atoms with Crippen LogP contribution in [0.2, 0.25) is 0 Å². The van der Waals surface area contributed by atoms with Crippen molar-refractivity contribution in [2.24, 2.45) is 5.92 Å². The van der Waals surface area contributed by atoms with Crippen LogP contribution in [0.25, 0.3) is 0 Å². The molecule has 0 aliphatic heterocycles. The van der Waals surface area contributed by atoms with Gasteiger partial charge in [-0.25, -0.2) is 9.59 Å². The number of hydrogen-bond donors (Lipinski definition) is 0. The second kappa shape index (κ2) is 8.29. The van der Waals surface area contributed by atoms with Gasteiger partial charge in [-0.2, -0.15) is 0 Å². The summed E-state index contributed by atoms with van der Waals surface area (Å²) in [7, 11) is 0. The van der Waals surface area contributed by atoms with Crippen LogP contribution in [-0.2, 0) is 9.53 Å². The van der Waals surface area contributed by atoms with E-state index in [1.54, 1.807) is 25.1 Å². The Morgan fingerprint density at radius 1 is 1.00 bits per heavy atom. The van der Waals surface area contributed by atoms with Crippen LogP contribution in [0, 0.1) is 5.92 Å². The molecule has 0 saturated heterocycles. The van der Waals surface area contributed by atoms with Gasteiger partial charge < -0.3 is 9.47 Å². The lowest BCUT2D eigenvalue weighted by molar-refractivity contribution is -0.130. The number of carbonyl (C=O) groups excluding carboxylic acids is 2. The lowest BCUT2D eigenvalue weighted by Crippen LogP contribution is -2.16. The largest absolute Gasteiger partial charge is 0.454 e. The van der Waals surface area contributed by atoms with Gasteiger partial charge in [-0.05, 0) is 36.6 Å². The first-order chi connectivity index (χ1) is 11.9. The molecule has 2 rings (SSSR count). The van der Waals surface area contributed by atoms with Crippen molar-refractivity contribution in [3.8, 4) is 5.75 Å². The quantitative estimate of drug-likeness (QED) is 0.434. The van der Waals surface area contributed by atoms with E-state index < -0.39 is 11.9 Å². The van der Waals surface area contributed by atoms with Crippen LogP contribution in [0.5, 0.6) is 5.75 Å². The number of hydrogen-bond acceptors (Lipinski definition) is 4. The molecule has 2 aromatic rings. The molecule has 0 fully saturated rings. The van der Waals surface area contributed by atoms with Crippen LogP contribution >= 0.6 is 0 Å². The Kier molecular flexibility index (Phi) is 6.12. The summed E-state index contributed by atoms with van der Waals surface area (Å²) in [6.45, 7) is 9.09. The minimum Gasteiger partial charge on any atom is -0.454 e. The molecule has 0 aliphatic carbocycles. The lowest BCUT2D eigenvalue weighted by atomic mass is 9.99. The Labute approximate surface area is 148 Å². The zero-order chi connectivity index (χ0) is 18.4. The van der Waals surface area contributed by atoms with E-state index in [4.69, 9.17) is 9.47 Å². The maximum absolute atomic E-state index is 12.5. The van der Waals surface area contributed by atoms with Gasteiger partial charge in [0.05, 0.1) is 5.56 Å². The summed E-state index contributed by atoms with van der Waals surface area (Å²) >= 11 is 0. The van der Waals surface area contributed by atoms with Gasteiger partial charge in [-0.1, -0.05) is 56.8 Å². The Morgan fingerprint density at radius 2 is 1.68 bits per heavy atom. The van der Waals surface area contributed by atoms with E-state index in [-0.39, 0.29) is 23.3 Å². The summed E-state index contributed by atoms with van der Waals surface area (Å²) in [5.74, 6) is -0.593. The molecule has 4 heteroatoms. The molecule has 0 aliphatic rings. The minimum absolute atomic E-state index is 0.121. The third-order valence-corrected chi connectivity index (χ3v) is 3.60. The van der Waals surface area contributed by atoms with Crippen molar-refractivity contribution >= 4 is 11.9 Å². The van der Waals surface area contributed by atoms with Crippen LogP contribution in [0.3, 0.4) is 0 Å². The van der Waals surface area contributed by atoms with Crippen molar-refractivity contribution in [1.82, 2.24) is 0 Å². The van der Waals surface area contributed by atoms with Crippen molar-refractivity contribution in [2.45, 2.75) is 26.9 Å². The van der Waals surface area contributed by atoms with Crippen LogP contribution in [0.4, 0.5) is 0 Å². The van der Waals surface area contributed by atoms with Crippen LogP contribution in [-0.4, -0.2) is 11.9 Å². The van der Waals surface area contributed by atoms with Gasteiger partial charge in [0.25, 0.3) is 0 Å². The first kappa shape index (κ1) is 18.5. The van der Waals surface area contributed by atoms with Crippen LogP contribution < -0.4 is 4.74 Å². The molecule has 0 aromatic heterocycles. The summed E-state index contributed by atoms with van der Waals surface area (Å²) in [5.41, 5.74) is 1.56. The van der Waals surface area contributed by atoms with Crippen LogP contribution in [0.15, 0.2) is 66.7 Å². The smallest absolute Gasteiger partial charge is 0.338 e. The molecule has 0 radical (unpaired) electrons. The molecule has 0 heterocycles. The fourth-order valence-corrected chi connectivity index (χ4v) is 2.30. The van der Waals surface area contributed by atoms with Gasteiger partial charge in [0, 0.05) is 5.57 Å². The monoisotopic (exact) mass is 338 g/mol. The maximum atomic E-state index is 12.5. The Bertz CT molecular complexity index is 762. The summed E-state index contributed by atoms with van der Waals surface area (Å²) in [6, 6.07) is 16.0. The molecule has 130 valence electrons. The van der Waals surface area contributed by atoms with Gasteiger partial charge in [-0.15, -0.1) is 0 Å². The standard InChI is InChI=1S/C21H22O4/c1-14(2)19(16-9-6-5-7-10-16)25-21(23)17-11-8-12-18(13-17)24-20(22)15(3)4/h5-14,19H,3H2,1-2,4H3. The van der Waals surface area contributed by atoms with Gasteiger partial charge >= 0.3 is 11.9 Å². The molecule has 0 N–H and O–H groups in total. The number of rotatable bonds is 6. The number of esters is 2. The predicted octanol–water partition coefficient (Wildman–Crippen LogP) is 4.72. The molecule has 25 heavy (non-hydrogen) atoms. The molecule has 0 bridgehead atoms. The highest BCUT2D eigenvalue weighted by Crippen LogP contribution is 2.27. The topological polar surface area (TPSA) is 52.6 Å². The summed E-state index contributed by atoms with van der Waals surface area (Å²) in [6.07, 6.45) is -0.352. The van der Waals surface area contributed by atoms with E-state index in [1.807, 2.05) is 44.2 Å². The average molecular weight is 338 g/mol. The third kappa shape index (κ3) is 5.05. The second-order valence-corrected chi connectivity index (χ2v) is 6.18. The molecule has 2 aromatic carbocycles. The fraction of sp³-hybridized carbons (Fsp3) is 0.238. The van der Waals surface area contributed by atoms with Gasteiger partial charge in [-0.3, -0.25) is 0 Å². The summed E-state index contributed by atoms with van der Waals surface area (Å²) < 4.78 is 10.9. The minimum atomic E-state index is -0.533. The maximum Gasteiger partial charge on any atom is 0.338 e. The van der Waals surface area contributed by atoms with Crippen molar-refractivity contribution in [2.75, 3.05) is 0 Å². The molecule has 4 nitrogen and oxygen atoms in total. The van der Waals surface area contributed by atoms with Gasteiger partial charge in [0.2, 0.25) is 0 Å². The zero-order valence-corrected chi connectivity index (χ0v) is 14.7. The van der Waals surface area contributed by atoms with E-state index in [9.17, 15) is 9.59 Å². The van der Waals surface area contributed by atoms with E-state index in [1.165, 1.54) is 6.07 Å². The highest BCUT2D eigenvalue weighted by atomic mass is 16.5. The molecular formula is C21H22O4. The second-order valence-electron chi connectivity index (χ2n) is 6.18. The highest BCUT2D eigenvalue weighted by molar-refractivity contribution is 5.91. The molecule has 0 amide bonds. The van der Waals surface area contributed by atoms with Crippen molar-refractivity contribution in [3.05, 3.63) is 77.9 Å². The normalized spacial score (nSPS) is 11.7. The van der Waals surface area contributed by atoms with Crippen molar-refractivity contribution in [1.29, 1.82) is 0 Å². The van der Waals surface area contributed by atoms with E-state index in [0.717, 1.165) is 5.56 Å². The molecule has 0 saturated carbocycles. The Balaban J connectivity index is 2.16. The molecule has 1 atom stereocenters. The predicted molar refractivity (Wildman–Crippen MR) is 96.3 cm³/mol. The highest BCUT2D eigenvalue weighted by Gasteiger charge is 2.21. The lowest BCUT2D eigenvalue weighted by Gasteiger charge is -2.22. The van der Waals surface area contributed by atoms with Gasteiger partial charge in [0.1, 0.15) is 11.9 Å². The van der Waals surface area contributed by atoms with E-state index in [0.29, 0.717) is 5.56 Å². The molecule has 0 spiro atoms. The summed E-state index contributed by atoms with van der Waals surface area (Å²) in [4.78, 5) is 24.1. The fourth-order valence-electron chi connectivity index (χ4n) is 2.30. The first-order valence-electron chi connectivity index (χ1n) is 8.12. The Morgan fingerprint density at radius 3 is 2.28 bits per heavy atom. The SMILES string of the molecule is C=C(C)C(=O)Oc1cccc(C(=O)OC(c2ccccc2)C(C)C)c1. The molecule has 1 unspecified atom stereocenters. The first-order valence-corrected chi connectivity index (χ1v) is 8.12. The number of carbonyl (C=O) groups is 2. The van der Waals surface area contributed by atoms with Crippen LogP contribution in [0.1, 0.15) is 42.8 Å². The number of ether oxygens (including phenoxy) is 2. The van der Waals surface area contributed by atoms with E-state index in [2.05, 4.69) is 6.58 Å². The summed E-state index contributed by atoms with van der Waals surface area (Å²) in [5, 5.41) is 0. The average Bonchev–Trinajstić information content (AvgIpc) is 2.60.